The van der Waals surface area contributed by atoms with Gasteiger partial charge in [-0.25, -0.2) is 0 Å². The number of amides is 1. The lowest BCUT2D eigenvalue weighted by Crippen LogP contribution is -2.35. The highest BCUT2D eigenvalue weighted by Gasteiger charge is 2.10. The van der Waals surface area contributed by atoms with Gasteiger partial charge in [-0.05, 0) is 30.5 Å². The molecule has 0 radical (unpaired) electrons. The summed E-state index contributed by atoms with van der Waals surface area (Å²) in [6, 6.07) is 7.70. The molecule has 1 unspecified atom stereocenters. The maximum atomic E-state index is 11.8. The van der Waals surface area contributed by atoms with Gasteiger partial charge in [-0.3, -0.25) is 4.79 Å². The van der Waals surface area contributed by atoms with E-state index in [0.29, 0.717) is 12.3 Å². The van der Waals surface area contributed by atoms with E-state index < -0.39 is 0 Å². The van der Waals surface area contributed by atoms with Crippen molar-refractivity contribution in [1.82, 2.24) is 5.32 Å². The SMILES string of the molecule is CCC(CCCl)NC(=O)Cc1ccc(OC)cc1. The number of carbonyl (C=O) groups is 1. The lowest BCUT2D eigenvalue weighted by molar-refractivity contribution is -0.121. The van der Waals surface area contributed by atoms with Crippen molar-refractivity contribution in [1.29, 1.82) is 0 Å². The minimum Gasteiger partial charge on any atom is -0.497 e. The Labute approximate surface area is 113 Å². The number of nitrogens with one attached hydrogen (secondary N) is 1. The van der Waals surface area contributed by atoms with Crippen LogP contribution in [0.25, 0.3) is 0 Å². The number of carbonyl (C=O) groups excluding carboxylic acids is 1. The standard InChI is InChI=1S/C14H20ClNO2/c1-3-12(8-9-15)16-14(17)10-11-4-6-13(18-2)7-5-11/h4-7,12H,3,8-10H2,1-2H3,(H,16,17). The summed E-state index contributed by atoms with van der Waals surface area (Å²) in [5, 5.41) is 2.99. The fourth-order valence-electron chi connectivity index (χ4n) is 1.72. The number of hydrogen-bond acceptors (Lipinski definition) is 2. The van der Waals surface area contributed by atoms with Crippen LogP contribution in [0.2, 0.25) is 0 Å². The molecule has 1 aromatic carbocycles. The van der Waals surface area contributed by atoms with E-state index >= 15 is 0 Å². The van der Waals surface area contributed by atoms with E-state index in [1.165, 1.54) is 0 Å². The predicted molar refractivity (Wildman–Crippen MR) is 74.3 cm³/mol. The van der Waals surface area contributed by atoms with Crippen LogP contribution in [0.1, 0.15) is 25.3 Å². The lowest BCUT2D eigenvalue weighted by Gasteiger charge is -2.15. The van der Waals surface area contributed by atoms with Gasteiger partial charge in [-0.2, -0.15) is 0 Å². The van der Waals surface area contributed by atoms with Crippen LogP contribution >= 0.6 is 11.6 Å². The van der Waals surface area contributed by atoms with Gasteiger partial charge < -0.3 is 10.1 Å². The zero-order valence-electron chi connectivity index (χ0n) is 10.9. The van der Waals surface area contributed by atoms with E-state index in [1.54, 1.807) is 7.11 Å². The third-order valence-corrected chi connectivity index (χ3v) is 3.06. The second-order valence-electron chi connectivity index (χ2n) is 4.18. The molecular formula is C14H20ClNO2. The molecule has 0 bridgehead atoms. The fraction of sp³-hybridized carbons (Fsp3) is 0.500. The quantitative estimate of drug-likeness (QED) is 0.773. The Bertz CT molecular complexity index is 365. The van der Waals surface area contributed by atoms with Crippen LogP contribution in [0, 0.1) is 0 Å². The molecule has 0 spiro atoms. The van der Waals surface area contributed by atoms with Crippen LogP contribution in [0.4, 0.5) is 0 Å². The minimum atomic E-state index is 0.0390. The van der Waals surface area contributed by atoms with E-state index in [1.807, 2.05) is 31.2 Å². The second-order valence-corrected chi connectivity index (χ2v) is 4.55. The van der Waals surface area contributed by atoms with Crippen molar-refractivity contribution in [3.63, 3.8) is 0 Å². The molecule has 0 saturated carbocycles. The maximum absolute atomic E-state index is 11.8. The summed E-state index contributed by atoms with van der Waals surface area (Å²) in [5.74, 6) is 1.41. The Morgan fingerprint density at radius 1 is 1.39 bits per heavy atom. The lowest BCUT2D eigenvalue weighted by atomic mass is 10.1. The molecule has 1 rings (SSSR count). The Hall–Kier alpha value is -1.22. The van der Waals surface area contributed by atoms with Gasteiger partial charge in [0.1, 0.15) is 5.75 Å². The first-order valence-electron chi connectivity index (χ1n) is 6.17. The molecule has 18 heavy (non-hydrogen) atoms. The summed E-state index contributed by atoms with van der Waals surface area (Å²) in [5.41, 5.74) is 0.981. The van der Waals surface area contributed by atoms with E-state index in [2.05, 4.69) is 5.32 Å². The summed E-state index contributed by atoms with van der Waals surface area (Å²) >= 11 is 5.69. The van der Waals surface area contributed by atoms with Gasteiger partial charge >= 0.3 is 0 Å². The Kier molecular flexibility index (Phi) is 6.58. The fourth-order valence-corrected chi connectivity index (χ4v) is 1.98. The molecule has 0 aliphatic heterocycles. The van der Waals surface area contributed by atoms with Gasteiger partial charge in [0, 0.05) is 11.9 Å². The number of rotatable bonds is 7. The smallest absolute Gasteiger partial charge is 0.224 e. The summed E-state index contributed by atoms with van der Waals surface area (Å²) < 4.78 is 5.07. The zero-order chi connectivity index (χ0) is 13.4. The molecule has 0 aliphatic carbocycles. The van der Waals surface area contributed by atoms with Crippen molar-refractivity contribution in [2.24, 2.45) is 0 Å². The summed E-state index contributed by atoms with van der Waals surface area (Å²) in [6.07, 6.45) is 2.11. The number of ether oxygens (including phenoxy) is 1. The molecule has 1 atom stereocenters. The average Bonchev–Trinajstić information content (AvgIpc) is 2.39. The number of alkyl halides is 1. The molecule has 100 valence electrons. The highest BCUT2D eigenvalue weighted by Crippen LogP contribution is 2.11. The van der Waals surface area contributed by atoms with Crippen LogP contribution in [-0.2, 0) is 11.2 Å². The zero-order valence-corrected chi connectivity index (χ0v) is 11.7. The maximum Gasteiger partial charge on any atom is 0.224 e. The van der Waals surface area contributed by atoms with Gasteiger partial charge in [-0.15, -0.1) is 11.6 Å². The van der Waals surface area contributed by atoms with E-state index in [4.69, 9.17) is 16.3 Å². The van der Waals surface area contributed by atoms with E-state index in [9.17, 15) is 4.79 Å². The number of halogens is 1. The Balaban J connectivity index is 2.47. The van der Waals surface area contributed by atoms with Crippen molar-refractivity contribution in [3.05, 3.63) is 29.8 Å². The molecule has 0 heterocycles. The molecule has 4 heteroatoms. The van der Waals surface area contributed by atoms with Crippen molar-refractivity contribution in [2.75, 3.05) is 13.0 Å². The first kappa shape index (κ1) is 14.8. The van der Waals surface area contributed by atoms with Gasteiger partial charge in [0.25, 0.3) is 0 Å². The summed E-state index contributed by atoms with van der Waals surface area (Å²) in [6.45, 7) is 2.05. The van der Waals surface area contributed by atoms with E-state index in [0.717, 1.165) is 24.2 Å². The van der Waals surface area contributed by atoms with Crippen LogP contribution in [0.3, 0.4) is 0 Å². The Morgan fingerprint density at radius 3 is 2.56 bits per heavy atom. The van der Waals surface area contributed by atoms with Crippen LogP contribution in [-0.4, -0.2) is 24.9 Å². The molecule has 0 aliphatic rings. The van der Waals surface area contributed by atoms with Crippen LogP contribution in [0.15, 0.2) is 24.3 Å². The topological polar surface area (TPSA) is 38.3 Å². The normalized spacial score (nSPS) is 11.9. The number of benzene rings is 1. The first-order chi connectivity index (χ1) is 8.69. The molecule has 0 aromatic heterocycles. The molecule has 1 amide bonds. The second kappa shape index (κ2) is 7.98. The molecule has 1 N–H and O–H groups in total. The molecule has 1 aromatic rings. The van der Waals surface area contributed by atoms with Crippen LogP contribution < -0.4 is 10.1 Å². The van der Waals surface area contributed by atoms with Crippen molar-refractivity contribution in [3.8, 4) is 5.75 Å². The molecule has 3 nitrogen and oxygen atoms in total. The van der Waals surface area contributed by atoms with Crippen molar-refractivity contribution >= 4 is 17.5 Å². The molecule has 0 saturated heterocycles. The predicted octanol–water partition coefficient (Wildman–Crippen LogP) is 2.76. The van der Waals surface area contributed by atoms with Gasteiger partial charge in [0.05, 0.1) is 13.5 Å². The molecule has 0 fully saturated rings. The third kappa shape index (κ3) is 4.96. The summed E-state index contributed by atoms with van der Waals surface area (Å²) in [4.78, 5) is 11.8. The van der Waals surface area contributed by atoms with Gasteiger partial charge in [-0.1, -0.05) is 19.1 Å². The Morgan fingerprint density at radius 2 is 2.06 bits per heavy atom. The number of hydrogen-bond donors (Lipinski definition) is 1. The largest absolute Gasteiger partial charge is 0.497 e. The number of methoxy groups -OCH3 is 1. The average molecular weight is 270 g/mol. The third-order valence-electron chi connectivity index (χ3n) is 2.84. The highest BCUT2D eigenvalue weighted by molar-refractivity contribution is 6.17. The monoisotopic (exact) mass is 269 g/mol. The molecular weight excluding hydrogens is 250 g/mol. The van der Waals surface area contributed by atoms with E-state index in [-0.39, 0.29) is 11.9 Å². The van der Waals surface area contributed by atoms with Crippen molar-refractivity contribution < 1.29 is 9.53 Å². The van der Waals surface area contributed by atoms with Gasteiger partial charge in [0.2, 0.25) is 5.91 Å². The minimum absolute atomic E-state index is 0.0390. The highest BCUT2D eigenvalue weighted by atomic mass is 35.5. The van der Waals surface area contributed by atoms with Crippen molar-refractivity contribution in [2.45, 2.75) is 32.2 Å². The first-order valence-corrected chi connectivity index (χ1v) is 6.71. The summed E-state index contributed by atoms with van der Waals surface area (Å²) in [7, 11) is 1.62. The van der Waals surface area contributed by atoms with Crippen LogP contribution in [0.5, 0.6) is 5.75 Å². The van der Waals surface area contributed by atoms with Gasteiger partial charge in [0.15, 0.2) is 0 Å².